The molecule has 0 N–H and O–H groups in total. The molecular weight excluding hydrogens is 108 g/mol. The topological polar surface area (TPSA) is 0 Å². The van der Waals surface area contributed by atoms with Crippen LogP contribution in [0.1, 0.15) is 0 Å². The van der Waals surface area contributed by atoms with E-state index in [1.807, 2.05) is 12.1 Å². The molecule has 0 heterocycles. The van der Waals surface area contributed by atoms with Gasteiger partial charge in [0.25, 0.3) is 0 Å². The lowest BCUT2D eigenvalue weighted by atomic mass is 10.5. The normalized spacial score (nSPS) is 11.6. The molecule has 1 heteroatoms. The first-order valence-corrected chi connectivity index (χ1v) is 2.55. The predicted octanol–water partition coefficient (Wildman–Crippen LogP) is 2.32. The molecule has 0 amide bonds. The van der Waals surface area contributed by atoms with E-state index in [4.69, 9.17) is 11.6 Å². The summed E-state index contributed by atoms with van der Waals surface area (Å²) < 4.78 is 0. The Kier molecular flexibility index (Phi) is 0.424. The van der Waals surface area contributed by atoms with Crippen LogP contribution in [0, 0.1) is 0 Å². The van der Waals surface area contributed by atoms with Gasteiger partial charge < -0.3 is 0 Å². The second-order valence-corrected chi connectivity index (χ2v) is 2.10. The van der Waals surface area contributed by atoms with Gasteiger partial charge in [-0.15, -0.1) is 0 Å². The highest BCUT2D eigenvalue weighted by Crippen LogP contribution is 2.40. The highest BCUT2D eigenvalue weighted by molar-refractivity contribution is 6.35. The summed E-state index contributed by atoms with van der Waals surface area (Å²) >= 11 is 5.65. The summed E-state index contributed by atoms with van der Waals surface area (Å²) in [6.45, 7) is 0. The van der Waals surface area contributed by atoms with Crippen LogP contribution >= 0.6 is 11.6 Å². The third-order valence-corrected chi connectivity index (χ3v) is 1.52. The fourth-order valence-corrected chi connectivity index (χ4v) is 0.944. The predicted molar refractivity (Wildman–Crippen MR) is 30.4 cm³/mol. The van der Waals surface area contributed by atoms with Crippen LogP contribution < -0.4 is 0 Å². The van der Waals surface area contributed by atoms with Crippen molar-refractivity contribution in [1.82, 2.24) is 0 Å². The van der Waals surface area contributed by atoms with Crippen LogP contribution in [0.15, 0.2) is 18.2 Å². The monoisotopic (exact) mass is 110 g/mol. The molecule has 0 aromatic heterocycles. The largest absolute Gasteiger partial charge is 0.0837 e. The van der Waals surface area contributed by atoms with Gasteiger partial charge in [0.05, 0.1) is 0 Å². The average molecular weight is 111 g/mol. The molecule has 0 saturated heterocycles. The van der Waals surface area contributed by atoms with Gasteiger partial charge in [0.2, 0.25) is 0 Å². The first-order valence-electron chi connectivity index (χ1n) is 2.18. The Hall–Kier alpha value is -0.490. The molecule has 2 aliphatic carbocycles. The van der Waals surface area contributed by atoms with Crippen LogP contribution in [0.2, 0.25) is 5.02 Å². The zero-order valence-electron chi connectivity index (χ0n) is 3.61. The molecule has 34 valence electrons. The van der Waals surface area contributed by atoms with E-state index in [0.29, 0.717) is 0 Å². The van der Waals surface area contributed by atoms with Gasteiger partial charge in [0, 0.05) is 10.6 Å². The van der Waals surface area contributed by atoms with E-state index in [1.165, 1.54) is 11.1 Å². The Morgan fingerprint density at radius 1 is 1.29 bits per heavy atom. The zero-order chi connectivity index (χ0) is 4.85. The van der Waals surface area contributed by atoms with Gasteiger partial charge in [-0.1, -0.05) is 17.7 Å². The van der Waals surface area contributed by atoms with Crippen molar-refractivity contribution in [2.45, 2.75) is 0 Å². The molecule has 0 atom stereocenters. The second kappa shape index (κ2) is 0.846. The third-order valence-electron chi connectivity index (χ3n) is 1.19. The Morgan fingerprint density at radius 2 is 2.14 bits per heavy atom. The first kappa shape index (κ1) is 3.50. The lowest BCUT2D eigenvalue weighted by Gasteiger charge is -1.68. The number of hydrogen-bond donors (Lipinski definition) is 0. The van der Waals surface area contributed by atoms with Crippen molar-refractivity contribution in [3.05, 3.63) is 23.2 Å². The number of halogens is 1. The molecule has 0 bridgehead atoms. The molecule has 0 radical (unpaired) electrons. The Morgan fingerprint density at radius 3 is 2.29 bits per heavy atom. The number of fused-ring (bicyclic) bond motifs is 1. The number of hydrogen-bond acceptors (Lipinski definition) is 0. The van der Waals surface area contributed by atoms with Gasteiger partial charge in [0.15, 0.2) is 0 Å². The van der Waals surface area contributed by atoms with E-state index < -0.39 is 0 Å². The second-order valence-electron chi connectivity index (χ2n) is 1.69. The minimum atomic E-state index is 0.898. The van der Waals surface area contributed by atoms with E-state index in [9.17, 15) is 0 Å². The molecule has 7 heavy (non-hydrogen) atoms. The van der Waals surface area contributed by atoms with E-state index in [1.54, 1.807) is 0 Å². The van der Waals surface area contributed by atoms with Crippen LogP contribution in [0.25, 0.3) is 11.1 Å². The van der Waals surface area contributed by atoms with Crippen LogP contribution in [-0.4, -0.2) is 0 Å². The fourth-order valence-electron chi connectivity index (χ4n) is 0.717. The summed E-state index contributed by atoms with van der Waals surface area (Å²) in [7, 11) is 0. The summed E-state index contributed by atoms with van der Waals surface area (Å²) in [6, 6.07) is 6.02. The van der Waals surface area contributed by atoms with Crippen molar-refractivity contribution < 1.29 is 0 Å². The van der Waals surface area contributed by atoms with E-state index >= 15 is 0 Å². The Balaban J connectivity index is 2.77. The van der Waals surface area contributed by atoms with E-state index in [0.717, 1.165) is 5.02 Å². The summed E-state index contributed by atoms with van der Waals surface area (Å²) in [6.07, 6.45) is 0. The van der Waals surface area contributed by atoms with Gasteiger partial charge >= 0.3 is 0 Å². The molecule has 0 spiro atoms. The van der Waals surface area contributed by atoms with Crippen LogP contribution in [0.3, 0.4) is 0 Å². The van der Waals surface area contributed by atoms with Crippen molar-refractivity contribution in [2.75, 3.05) is 0 Å². The number of rotatable bonds is 0. The first-order chi connectivity index (χ1) is 3.38. The smallest absolute Gasteiger partial charge is 0.0484 e. The molecule has 0 fully saturated rings. The van der Waals surface area contributed by atoms with E-state index in [2.05, 4.69) is 6.07 Å². The molecule has 0 aliphatic heterocycles. The molecule has 2 rings (SSSR count). The van der Waals surface area contributed by atoms with Gasteiger partial charge in [-0.3, -0.25) is 0 Å². The zero-order valence-corrected chi connectivity index (χ0v) is 4.37. The standard InChI is InChI=1S/C6H3Cl/c7-6-2-1-4-3-5(4)6/h1-3H. The molecule has 0 saturated carbocycles. The third kappa shape index (κ3) is 0.322. The van der Waals surface area contributed by atoms with Crippen molar-refractivity contribution in [3.8, 4) is 11.1 Å². The van der Waals surface area contributed by atoms with Gasteiger partial charge in [-0.25, -0.2) is 0 Å². The molecule has 0 nitrogen and oxygen atoms in total. The van der Waals surface area contributed by atoms with Crippen molar-refractivity contribution in [3.63, 3.8) is 0 Å². The van der Waals surface area contributed by atoms with Crippen molar-refractivity contribution in [2.24, 2.45) is 0 Å². The van der Waals surface area contributed by atoms with Gasteiger partial charge in [0.1, 0.15) is 0 Å². The quantitative estimate of drug-likeness (QED) is 0.488. The minimum absolute atomic E-state index is 0.898. The average Bonchev–Trinajstić information content (AvgIpc) is 2.33. The lowest BCUT2D eigenvalue weighted by Crippen LogP contribution is -1.39. The molecule has 0 aromatic rings. The van der Waals surface area contributed by atoms with Gasteiger partial charge in [-0.2, -0.15) is 0 Å². The van der Waals surface area contributed by atoms with Gasteiger partial charge in [-0.05, 0) is 17.7 Å². The molecular formula is C6H3Cl. The van der Waals surface area contributed by atoms with Crippen LogP contribution in [0.4, 0.5) is 0 Å². The summed E-state index contributed by atoms with van der Waals surface area (Å²) in [5.74, 6) is 0. The Bertz CT molecular complexity index is 215. The minimum Gasteiger partial charge on any atom is -0.0837 e. The lowest BCUT2D eigenvalue weighted by molar-refractivity contribution is 2.00. The maximum Gasteiger partial charge on any atom is 0.0484 e. The maximum absolute atomic E-state index is 5.65. The van der Waals surface area contributed by atoms with Crippen molar-refractivity contribution in [1.29, 1.82) is 0 Å². The Labute approximate surface area is 46.7 Å². The molecule has 0 aromatic carbocycles. The SMILES string of the molecule is Clc1ccc2cc1-2. The fraction of sp³-hybridized carbons (Fsp3) is 0. The highest BCUT2D eigenvalue weighted by atomic mass is 35.5. The molecule has 0 unspecified atom stereocenters. The summed E-state index contributed by atoms with van der Waals surface area (Å²) in [5, 5.41) is 0.898. The highest BCUT2D eigenvalue weighted by Gasteiger charge is 2.14. The summed E-state index contributed by atoms with van der Waals surface area (Å²) in [5.41, 5.74) is 2.55. The van der Waals surface area contributed by atoms with Crippen molar-refractivity contribution >= 4 is 11.6 Å². The number of benzene rings is 1. The maximum atomic E-state index is 5.65. The van der Waals surface area contributed by atoms with E-state index in [-0.39, 0.29) is 0 Å². The van der Waals surface area contributed by atoms with Crippen LogP contribution in [-0.2, 0) is 0 Å². The summed E-state index contributed by atoms with van der Waals surface area (Å²) in [4.78, 5) is 0. The van der Waals surface area contributed by atoms with Crippen LogP contribution in [0.5, 0.6) is 0 Å². The molecule has 2 aliphatic rings.